The van der Waals surface area contributed by atoms with E-state index in [0.29, 0.717) is 19.3 Å². The van der Waals surface area contributed by atoms with Gasteiger partial charge in [0.2, 0.25) is 0 Å². The highest BCUT2D eigenvalue weighted by Crippen LogP contribution is 2.43. The summed E-state index contributed by atoms with van der Waals surface area (Å²) >= 11 is 0. The quantitative estimate of drug-likeness (QED) is 0.0197. The number of aliphatic hydroxyl groups excluding tert-OH is 1. The lowest BCUT2D eigenvalue weighted by Crippen LogP contribution is -2.30. The van der Waals surface area contributed by atoms with E-state index in [1.807, 2.05) is 0 Å². The molecule has 0 amide bonds. The van der Waals surface area contributed by atoms with Crippen LogP contribution >= 0.6 is 7.82 Å². The predicted octanol–water partition coefficient (Wildman–Crippen LogP) is 20.5. The van der Waals surface area contributed by atoms with Crippen LogP contribution in [-0.4, -0.2) is 66.5 Å². The zero-order valence-corrected chi connectivity index (χ0v) is 53.0. The molecule has 0 aliphatic rings. The molecule has 11 nitrogen and oxygen atoms in total. The van der Waals surface area contributed by atoms with Crippen LogP contribution in [-0.2, 0) is 42.2 Å². The van der Waals surface area contributed by atoms with Crippen LogP contribution in [0.1, 0.15) is 329 Å². The van der Waals surface area contributed by atoms with Crippen molar-refractivity contribution >= 4 is 25.7 Å². The van der Waals surface area contributed by atoms with Crippen LogP contribution in [0.3, 0.4) is 0 Å². The summed E-state index contributed by atoms with van der Waals surface area (Å²) in [5, 5.41) is 9.85. The van der Waals surface area contributed by atoms with Gasteiger partial charge < -0.3 is 24.2 Å². The summed E-state index contributed by atoms with van der Waals surface area (Å²) in [6, 6.07) is 0. The van der Waals surface area contributed by atoms with Crippen LogP contribution in [0.4, 0.5) is 0 Å². The van der Waals surface area contributed by atoms with Gasteiger partial charge in [0.1, 0.15) is 12.7 Å². The van der Waals surface area contributed by atoms with Gasteiger partial charge >= 0.3 is 25.7 Å². The Balaban J connectivity index is 4.67. The summed E-state index contributed by atoms with van der Waals surface area (Å²) in [6.45, 7) is 4.58. The third-order valence-electron chi connectivity index (χ3n) is 14.7. The van der Waals surface area contributed by atoms with Crippen molar-refractivity contribution in [3.8, 4) is 0 Å². The smallest absolute Gasteiger partial charge is 0.462 e. The summed E-state index contributed by atoms with van der Waals surface area (Å²) in [4.78, 5) is 48.8. The minimum absolute atomic E-state index is 0.160. The molecule has 0 spiro atoms. The number of phosphoric ester groups is 1. The lowest BCUT2D eigenvalue weighted by atomic mass is 10.0. The van der Waals surface area contributed by atoms with Gasteiger partial charge in [0.05, 0.1) is 19.8 Å². The van der Waals surface area contributed by atoms with Crippen LogP contribution in [0.25, 0.3) is 0 Å². The van der Waals surface area contributed by atoms with Gasteiger partial charge in [-0.3, -0.25) is 23.4 Å². The molecule has 0 bridgehead atoms. The number of ether oxygens (including phenoxy) is 3. The third-order valence-corrected chi connectivity index (χ3v) is 15.7. The number of allylic oxidation sites excluding steroid dienone is 8. The summed E-state index contributed by atoms with van der Waals surface area (Å²) in [7, 11) is -4.76. The number of unbranched alkanes of at least 4 members (excludes halogenated alkanes) is 38. The van der Waals surface area contributed by atoms with Crippen molar-refractivity contribution < 1.29 is 52.2 Å². The van der Waals surface area contributed by atoms with Crippen molar-refractivity contribution in [3.05, 3.63) is 48.6 Å². The maximum atomic E-state index is 13.0. The number of phosphoric acid groups is 1. The first-order valence-corrected chi connectivity index (χ1v) is 35.0. The highest BCUT2D eigenvalue weighted by molar-refractivity contribution is 7.47. The summed E-state index contributed by atoms with van der Waals surface area (Å²) < 4.78 is 39.7. The van der Waals surface area contributed by atoms with Crippen LogP contribution < -0.4 is 0 Å². The fourth-order valence-corrected chi connectivity index (χ4v) is 10.4. The van der Waals surface area contributed by atoms with Gasteiger partial charge in [-0.1, -0.05) is 281 Å². The Kier molecular flexibility index (Phi) is 60.5. The van der Waals surface area contributed by atoms with Crippen LogP contribution in [0.5, 0.6) is 0 Å². The number of rotatable bonds is 63. The van der Waals surface area contributed by atoms with E-state index >= 15 is 0 Å². The van der Waals surface area contributed by atoms with Crippen molar-refractivity contribution in [2.75, 3.05) is 26.4 Å². The standard InChI is InChI=1S/C68H125O11P/c1-4-7-10-13-16-19-22-25-28-30-32-34-37-39-42-45-48-51-54-57-66(70)75-61-65(79-68(72)59-56-53-50-47-44-41-38-35-33-31-29-26-23-20-17-14-11-8-5-2)63-77-80(73,74)76-62-64(60-69)78-67(71)58-55-52-49-46-43-40-36-27-24-21-18-15-12-9-6-3/h9,12,18,21,25,27-28,36,64-65,69H,4-8,10-11,13-17,19-20,22-24,26,29-35,37-63H2,1-3H3,(H,73,74)/b12-9-,21-18-,28-25-,36-27-. The fraction of sp³-hybridized carbons (Fsp3) is 0.838. The van der Waals surface area contributed by atoms with E-state index in [0.717, 1.165) is 89.9 Å². The number of aliphatic hydroxyl groups is 1. The molecule has 3 unspecified atom stereocenters. The Morgan fingerprint density at radius 2 is 0.650 bits per heavy atom. The monoisotopic (exact) mass is 1150 g/mol. The van der Waals surface area contributed by atoms with Gasteiger partial charge in [0, 0.05) is 19.3 Å². The van der Waals surface area contributed by atoms with Gasteiger partial charge in [-0.15, -0.1) is 0 Å². The van der Waals surface area contributed by atoms with E-state index in [-0.39, 0.29) is 25.9 Å². The molecule has 468 valence electrons. The first-order valence-electron chi connectivity index (χ1n) is 33.5. The van der Waals surface area contributed by atoms with Crippen molar-refractivity contribution in [1.29, 1.82) is 0 Å². The molecule has 80 heavy (non-hydrogen) atoms. The van der Waals surface area contributed by atoms with Crippen LogP contribution in [0, 0.1) is 0 Å². The van der Waals surface area contributed by atoms with E-state index in [2.05, 4.69) is 69.4 Å². The van der Waals surface area contributed by atoms with Crippen molar-refractivity contribution in [1.82, 2.24) is 0 Å². The molecule has 12 heteroatoms. The van der Waals surface area contributed by atoms with E-state index in [1.165, 1.54) is 180 Å². The molecule has 0 radical (unpaired) electrons. The Labute approximate surface area is 492 Å². The first-order chi connectivity index (χ1) is 39.2. The lowest BCUT2D eigenvalue weighted by molar-refractivity contribution is -0.161. The SMILES string of the molecule is CC/C=C\C/C=C\C/C=C\CCCCCCCC(=O)OC(CO)COP(=O)(O)OCC(COC(=O)CCCCCCCCCCC/C=C\CCCCCCCC)OC(=O)CCCCCCCCCCCCCCCCCCCCC. The Hall–Kier alpha value is -2.56. The van der Waals surface area contributed by atoms with Crippen molar-refractivity contribution in [2.45, 2.75) is 341 Å². The fourth-order valence-electron chi connectivity index (χ4n) is 9.66. The number of hydrogen-bond donors (Lipinski definition) is 2. The topological polar surface area (TPSA) is 155 Å². The van der Waals surface area contributed by atoms with Gasteiger partial charge in [0.25, 0.3) is 0 Å². The molecule has 0 aliphatic heterocycles. The minimum atomic E-state index is -4.76. The Morgan fingerprint density at radius 1 is 0.362 bits per heavy atom. The van der Waals surface area contributed by atoms with Gasteiger partial charge in [-0.2, -0.15) is 0 Å². The minimum Gasteiger partial charge on any atom is -0.462 e. The largest absolute Gasteiger partial charge is 0.472 e. The summed E-state index contributed by atoms with van der Waals surface area (Å²) in [5.74, 6) is -1.46. The summed E-state index contributed by atoms with van der Waals surface area (Å²) in [5.41, 5.74) is 0. The number of hydrogen-bond acceptors (Lipinski definition) is 10. The van der Waals surface area contributed by atoms with E-state index in [4.69, 9.17) is 23.3 Å². The summed E-state index contributed by atoms with van der Waals surface area (Å²) in [6.07, 6.45) is 69.2. The number of carbonyl (C=O) groups is 3. The van der Waals surface area contributed by atoms with E-state index < -0.39 is 57.8 Å². The van der Waals surface area contributed by atoms with Crippen LogP contribution in [0.2, 0.25) is 0 Å². The molecule has 0 heterocycles. The second kappa shape index (κ2) is 62.5. The zero-order valence-electron chi connectivity index (χ0n) is 52.1. The molecule has 0 saturated heterocycles. The van der Waals surface area contributed by atoms with Crippen LogP contribution in [0.15, 0.2) is 48.6 Å². The number of carbonyl (C=O) groups excluding carboxylic acids is 3. The highest BCUT2D eigenvalue weighted by atomic mass is 31.2. The molecule has 3 atom stereocenters. The first kappa shape index (κ1) is 77.4. The average molecular weight is 1150 g/mol. The highest BCUT2D eigenvalue weighted by Gasteiger charge is 2.28. The Morgan fingerprint density at radius 3 is 1.01 bits per heavy atom. The maximum absolute atomic E-state index is 13.0. The van der Waals surface area contributed by atoms with Gasteiger partial charge in [0.15, 0.2) is 6.10 Å². The molecule has 0 aromatic rings. The van der Waals surface area contributed by atoms with E-state index in [9.17, 15) is 28.9 Å². The molecule has 2 N–H and O–H groups in total. The molecule has 0 aromatic heterocycles. The molecule has 0 saturated carbocycles. The van der Waals surface area contributed by atoms with Gasteiger partial charge in [-0.05, 0) is 77.0 Å². The Bertz CT molecular complexity index is 1530. The molecular weight excluding hydrogens is 1020 g/mol. The zero-order chi connectivity index (χ0) is 58.3. The normalized spacial score (nSPS) is 13.5. The molecule has 0 fully saturated rings. The molecule has 0 aromatic carbocycles. The average Bonchev–Trinajstić information content (AvgIpc) is 3.45. The van der Waals surface area contributed by atoms with Gasteiger partial charge in [-0.25, -0.2) is 4.57 Å². The third kappa shape index (κ3) is 60.0. The van der Waals surface area contributed by atoms with E-state index in [1.54, 1.807) is 0 Å². The number of esters is 3. The second-order valence-corrected chi connectivity index (χ2v) is 24.1. The molecule has 0 aliphatic carbocycles. The lowest BCUT2D eigenvalue weighted by Gasteiger charge is -2.21. The molecule has 0 rings (SSSR count). The second-order valence-electron chi connectivity index (χ2n) is 22.6. The van der Waals surface area contributed by atoms with Crippen molar-refractivity contribution in [2.24, 2.45) is 0 Å². The maximum Gasteiger partial charge on any atom is 0.472 e. The van der Waals surface area contributed by atoms with Crippen molar-refractivity contribution in [3.63, 3.8) is 0 Å². The molecular formula is C68H125O11P. The predicted molar refractivity (Wildman–Crippen MR) is 335 cm³/mol.